The predicted octanol–water partition coefficient (Wildman–Crippen LogP) is 6.51. The molecule has 1 N–H and O–H groups in total. The number of carbonyl (C=O) groups is 1. The van der Waals surface area contributed by atoms with Crippen molar-refractivity contribution < 1.29 is 13.9 Å². The molecule has 0 aliphatic rings. The lowest BCUT2D eigenvalue weighted by Gasteiger charge is -2.19. The number of aromatic nitrogens is 2. The number of nitrogens with zero attached hydrogens (tertiary/aromatic N) is 2. The van der Waals surface area contributed by atoms with Crippen molar-refractivity contribution in [2.75, 3.05) is 5.32 Å². The third kappa shape index (κ3) is 6.15. The lowest BCUT2D eigenvalue weighted by molar-refractivity contribution is 0.102. The molecule has 0 aliphatic carbocycles. The molecule has 5 nitrogen and oxygen atoms in total. The molecule has 0 saturated carbocycles. The number of carbonyl (C=O) groups excluding carboxylic acids is 1. The molecule has 0 fully saturated rings. The summed E-state index contributed by atoms with van der Waals surface area (Å²) in [4.78, 5) is 12.8. The third-order valence-corrected chi connectivity index (χ3v) is 5.82. The van der Waals surface area contributed by atoms with E-state index in [1.807, 2.05) is 37.3 Å². The first-order valence-corrected chi connectivity index (χ1v) is 11.6. The Morgan fingerprint density at radius 2 is 1.74 bits per heavy atom. The van der Waals surface area contributed by atoms with Gasteiger partial charge in [-0.05, 0) is 53.8 Å². The van der Waals surface area contributed by atoms with Crippen LogP contribution in [0.5, 0.6) is 5.75 Å². The van der Waals surface area contributed by atoms with E-state index in [-0.39, 0.29) is 23.7 Å². The summed E-state index contributed by atoms with van der Waals surface area (Å²) < 4.78 is 21.6. The fourth-order valence-corrected chi connectivity index (χ4v) is 3.73. The highest BCUT2D eigenvalue weighted by Crippen LogP contribution is 2.24. The first-order valence-electron chi connectivity index (χ1n) is 11.6. The van der Waals surface area contributed by atoms with Crippen molar-refractivity contribution in [1.29, 1.82) is 0 Å². The van der Waals surface area contributed by atoms with Crippen molar-refractivity contribution in [3.05, 3.63) is 113 Å². The van der Waals surface area contributed by atoms with Crippen molar-refractivity contribution in [2.45, 2.75) is 46.3 Å². The van der Waals surface area contributed by atoms with Crippen LogP contribution >= 0.6 is 0 Å². The quantitative estimate of drug-likeness (QED) is 0.334. The van der Waals surface area contributed by atoms with Crippen molar-refractivity contribution >= 4 is 11.7 Å². The second-order valence-corrected chi connectivity index (χ2v) is 9.64. The average Bonchev–Trinajstić information content (AvgIpc) is 3.17. The Labute approximate surface area is 205 Å². The molecule has 0 radical (unpaired) electrons. The van der Waals surface area contributed by atoms with Gasteiger partial charge in [0.2, 0.25) is 0 Å². The van der Waals surface area contributed by atoms with Gasteiger partial charge in [-0.3, -0.25) is 9.48 Å². The van der Waals surface area contributed by atoms with Gasteiger partial charge < -0.3 is 10.1 Å². The second kappa shape index (κ2) is 10.1. The minimum atomic E-state index is -0.280. The SMILES string of the molecule is Cc1cc(NC(=O)c2cccc(COc3ccc(C(C)(C)C)cc3)c2)nn1Cc1ccccc1F. The Morgan fingerprint density at radius 1 is 1.00 bits per heavy atom. The lowest BCUT2D eigenvalue weighted by Crippen LogP contribution is -2.13. The predicted molar refractivity (Wildman–Crippen MR) is 136 cm³/mol. The highest BCUT2D eigenvalue weighted by atomic mass is 19.1. The summed E-state index contributed by atoms with van der Waals surface area (Å²) in [5.41, 5.74) is 4.09. The number of nitrogens with one attached hydrogen (secondary N) is 1. The van der Waals surface area contributed by atoms with Crippen LogP contribution in [0.3, 0.4) is 0 Å². The summed E-state index contributed by atoms with van der Waals surface area (Å²) in [6.45, 7) is 9.04. The van der Waals surface area contributed by atoms with Gasteiger partial charge in [-0.15, -0.1) is 0 Å². The van der Waals surface area contributed by atoms with Crippen LogP contribution < -0.4 is 10.1 Å². The lowest BCUT2D eigenvalue weighted by atomic mass is 9.87. The third-order valence-electron chi connectivity index (χ3n) is 5.82. The standard InChI is InChI=1S/C29H30FN3O2/c1-20-16-27(32-33(20)18-23-9-5-6-11-26(23)30)31-28(34)22-10-7-8-21(17-22)19-35-25-14-12-24(13-15-25)29(2,3)4/h5-17H,18-19H2,1-4H3,(H,31,32,34). The van der Waals surface area contributed by atoms with E-state index >= 15 is 0 Å². The normalized spacial score (nSPS) is 11.3. The molecule has 0 saturated heterocycles. The molecule has 3 aromatic carbocycles. The van der Waals surface area contributed by atoms with E-state index in [4.69, 9.17) is 4.74 Å². The van der Waals surface area contributed by atoms with E-state index in [0.717, 1.165) is 17.0 Å². The highest BCUT2D eigenvalue weighted by Gasteiger charge is 2.14. The molecule has 0 spiro atoms. The Bertz CT molecular complexity index is 1320. The van der Waals surface area contributed by atoms with E-state index < -0.39 is 0 Å². The average molecular weight is 472 g/mol. The molecule has 35 heavy (non-hydrogen) atoms. The summed E-state index contributed by atoms with van der Waals surface area (Å²) in [5.74, 6) is 0.655. The van der Waals surface area contributed by atoms with Crippen LogP contribution in [0.25, 0.3) is 0 Å². The topological polar surface area (TPSA) is 56.1 Å². The number of halogens is 1. The van der Waals surface area contributed by atoms with Gasteiger partial charge >= 0.3 is 0 Å². The molecule has 1 aromatic heterocycles. The molecule has 4 rings (SSSR count). The number of anilines is 1. The van der Waals surface area contributed by atoms with Crippen molar-refractivity contribution in [1.82, 2.24) is 9.78 Å². The van der Waals surface area contributed by atoms with E-state index in [0.29, 0.717) is 23.6 Å². The second-order valence-electron chi connectivity index (χ2n) is 9.64. The van der Waals surface area contributed by atoms with Gasteiger partial charge in [-0.1, -0.05) is 63.2 Å². The molecule has 180 valence electrons. The highest BCUT2D eigenvalue weighted by molar-refractivity contribution is 6.03. The molecule has 6 heteroatoms. The summed E-state index contributed by atoms with van der Waals surface area (Å²) in [5, 5.41) is 7.26. The summed E-state index contributed by atoms with van der Waals surface area (Å²) >= 11 is 0. The minimum absolute atomic E-state index is 0.0896. The fourth-order valence-electron chi connectivity index (χ4n) is 3.73. The smallest absolute Gasteiger partial charge is 0.256 e. The Hall–Kier alpha value is -3.93. The van der Waals surface area contributed by atoms with Crippen LogP contribution in [0.2, 0.25) is 0 Å². The molecule has 4 aromatic rings. The molecular formula is C29H30FN3O2. The largest absolute Gasteiger partial charge is 0.489 e. The van der Waals surface area contributed by atoms with E-state index in [2.05, 4.69) is 43.3 Å². The van der Waals surface area contributed by atoms with Gasteiger partial charge in [0, 0.05) is 22.9 Å². The maximum Gasteiger partial charge on any atom is 0.256 e. The molecular weight excluding hydrogens is 441 g/mol. The maximum absolute atomic E-state index is 14.0. The van der Waals surface area contributed by atoms with Crippen molar-refractivity contribution in [3.63, 3.8) is 0 Å². The van der Waals surface area contributed by atoms with Crippen molar-refractivity contribution in [3.8, 4) is 5.75 Å². The van der Waals surface area contributed by atoms with Crippen molar-refractivity contribution in [2.24, 2.45) is 0 Å². The van der Waals surface area contributed by atoms with Gasteiger partial charge in [0.1, 0.15) is 18.2 Å². The first kappa shape index (κ1) is 24.2. The van der Waals surface area contributed by atoms with E-state index in [1.54, 1.807) is 35.0 Å². The monoisotopic (exact) mass is 471 g/mol. The number of aryl methyl sites for hydroxylation is 1. The number of hydrogen-bond acceptors (Lipinski definition) is 3. The number of benzene rings is 3. The number of rotatable bonds is 7. The van der Waals surface area contributed by atoms with Crippen LogP contribution in [0.4, 0.5) is 10.2 Å². The summed E-state index contributed by atoms with van der Waals surface area (Å²) in [6.07, 6.45) is 0. The Kier molecular flexibility index (Phi) is 7.01. The van der Waals surface area contributed by atoms with Crippen LogP contribution in [0.15, 0.2) is 78.9 Å². The van der Waals surface area contributed by atoms with Crippen LogP contribution in [0, 0.1) is 12.7 Å². The van der Waals surface area contributed by atoms with Gasteiger partial charge in [0.05, 0.1) is 6.54 Å². The zero-order chi connectivity index (χ0) is 25.0. The molecule has 1 amide bonds. The molecule has 0 unspecified atom stereocenters. The molecule has 1 heterocycles. The Balaban J connectivity index is 1.39. The van der Waals surface area contributed by atoms with Gasteiger partial charge in [0.25, 0.3) is 5.91 Å². The van der Waals surface area contributed by atoms with E-state index in [9.17, 15) is 9.18 Å². The number of amides is 1. The first-order chi connectivity index (χ1) is 16.7. The van der Waals surface area contributed by atoms with Gasteiger partial charge in [0.15, 0.2) is 5.82 Å². The van der Waals surface area contributed by atoms with E-state index in [1.165, 1.54) is 11.6 Å². The van der Waals surface area contributed by atoms with Crippen LogP contribution in [0.1, 0.15) is 53.5 Å². The zero-order valence-electron chi connectivity index (χ0n) is 20.5. The Morgan fingerprint density at radius 3 is 2.46 bits per heavy atom. The number of ether oxygens (including phenoxy) is 1. The van der Waals surface area contributed by atoms with Crippen LogP contribution in [-0.4, -0.2) is 15.7 Å². The maximum atomic E-state index is 14.0. The summed E-state index contributed by atoms with van der Waals surface area (Å²) in [7, 11) is 0. The number of hydrogen-bond donors (Lipinski definition) is 1. The minimum Gasteiger partial charge on any atom is -0.489 e. The molecule has 0 atom stereocenters. The fraction of sp³-hybridized carbons (Fsp3) is 0.241. The molecule has 0 aliphatic heterocycles. The zero-order valence-corrected chi connectivity index (χ0v) is 20.5. The van der Waals surface area contributed by atoms with Crippen LogP contribution in [-0.2, 0) is 18.6 Å². The van der Waals surface area contributed by atoms with Gasteiger partial charge in [-0.2, -0.15) is 5.10 Å². The molecule has 0 bridgehead atoms. The summed E-state index contributed by atoms with van der Waals surface area (Å²) in [6, 6.07) is 23.8. The van der Waals surface area contributed by atoms with Gasteiger partial charge in [-0.25, -0.2) is 4.39 Å².